The Morgan fingerprint density at radius 3 is 2.58 bits per heavy atom. The van der Waals surface area contributed by atoms with Gasteiger partial charge >= 0.3 is 0 Å². The highest BCUT2D eigenvalue weighted by molar-refractivity contribution is 5.92. The van der Waals surface area contributed by atoms with E-state index < -0.39 is 0 Å². The molecule has 9 heteroatoms. The van der Waals surface area contributed by atoms with Gasteiger partial charge in [0.05, 0.1) is 13.2 Å². The highest BCUT2D eigenvalue weighted by atomic mass is 16.7. The van der Waals surface area contributed by atoms with Gasteiger partial charge in [0.15, 0.2) is 11.5 Å². The summed E-state index contributed by atoms with van der Waals surface area (Å²) in [4.78, 5) is 28.0. The normalized spacial score (nSPS) is 18.6. The molecular formula is C22H25N5O4. The van der Waals surface area contributed by atoms with Crippen molar-refractivity contribution < 1.29 is 19.0 Å². The SMILES string of the molecule is O=C(/C=C/c1ccc2c(c1)OCO2)N1CCN(c2ccnc(N3CCOCC3)n2)CC1. The van der Waals surface area contributed by atoms with Crippen molar-refractivity contribution in [3.63, 3.8) is 0 Å². The number of morpholine rings is 1. The molecule has 0 unspecified atom stereocenters. The van der Waals surface area contributed by atoms with Crippen molar-refractivity contribution in [2.75, 3.05) is 69.1 Å². The van der Waals surface area contributed by atoms with Crippen LogP contribution in [0.5, 0.6) is 11.5 Å². The molecule has 2 aromatic rings. The number of ether oxygens (including phenoxy) is 3. The molecule has 0 N–H and O–H groups in total. The zero-order valence-electron chi connectivity index (χ0n) is 17.3. The van der Waals surface area contributed by atoms with Gasteiger partial charge in [-0.05, 0) is 29.8 Å². The van der Waals surface area contributed by atoms with E-state index in [1.54, 1.807) is 12.3 Å². The highest BCUT2D eigenvalue weighted by Gasteiger charge is 2.22. The second-order valence-electron chi connectivity index (χ2n) is 7.57. The molecule has 9 nitrogen and oxygen atoms in total. The number of anilines is 2. The van der Waals surface area contributed by atoms with Crippen LogP contribution in [0.3, 0.4) is 0 Å². The lowest BCUT2D eigenvalue weighted by Crippen LogP contribution is -2.48. The Balaban J connectivity index is 1.17. The van der Waals surface area contributed by atoms with Crippen molar-refractivity contribution >= 4 is 23.7 Å². The zero-order valence-corrected chi connectivity index (χ0v) is 17.3. The minimum absolute atomic E-state index is 0.00834. The van der Waals surface area contributed by atoms with Crippen molar-refractivity contribution in [2.24, 2.45) is 0 Å². The number of aromatic nitrogens is 2. The number of hydrogen-bond donors (Lipinski definition) is 0. The first-order valence-corrected chi connectivity index (χ1v) is 10.5. The first-order valence-electron chi connectivity index (χ1n) is 10.5. The van der Waals surface area contributed by atoms with E-state index in [2.05, 4.69) is 14.8 Å². The van der Waals surface area contributed by atoms with Gasteiger partial charge in [-0.1, -0.05) is 6.07 Å². The first kappa shape index (κ1) is 19.6. The van der Waals surface area contributed by atoms with Gasteiger partial charge in [-0.2, -0.15) is 4.98 Å². The summed E-state index contributed by atoms with van der Waals surface area (Å²) in [6.07, 6.45) is 5.24. The van der Waals surface area contributed by atoms with Gasteiger partial charge in [0.1, 0.15) is 5.82 Å². The van der Waals surface area contributed by atoms with Crippen molar-refractivity contribution in [2.45, 2.75) is 0 Å². The Labute approximate surface area is 180 Å². The van der Waals surface area contributed by atoms with Gasteiger partial charge in [0.2, 0.25) is 18.6 Å². The maximum atomic E-state index is 12.6. The molecule has 162 valence electrons. The van der Waals surface area contributed by atoms with E-state index in [1.807, 2.05) is 35.2 Å². The maximum absolute atomic E-state index is 12.6. The molecule has 3 aliphatic rings. The van der Waals surface area contributed by atoms with Crippen LogP contribution in [0.25, 0.3) is 6.08 Å². The number of benzene rings is 1. The third kappa shape index (κ3) is 4.41. The molecule has 2 saturated heterocycles. The smallest absolute Gasteiger partial charge is 0.246 e. The third-order valence-electron chi connectivity index (χ3n) is 5.65. The second kappa shape index (κ2) is 8.81. The monoisotopic (exact) mass is 423 g/mol. The summed E-state index contributed by atoms with van der Waals surface area (Å²) in [6, 6.07) is 7.58. The largest absolute Gasteiger partial charge is 0.454 e. The van der Waals surface area contributed by atoms with E-state index in [-0.39, 0.29) is 12.7 Å². The number of piperazine rings is 1. The molecule has 2 fully saturated rings. The molecule has 3 aliphatic heterocycles. The quantitative estimate of drug-likeness (QED) is 0.683. The molecule has 0 atom stereocenters. The van der Waals surface area contributed by atoms with E-state index in [0.29, 0.717) is 32.1 Å². The van der Waals surface area contributed by atoms with Crippen molar-refractivity contribution in [3.05, 3.63) is 42.1 Å². The molecule has 1 aromatic carbocycles. The molecule has 31 heavy (non-hydrogen) atoms. The van der Waals surface area contributed by atoms with Crippen molar-refractivity contribution in [1.29, 1.82) is 0 Å². The summed E-state index contributed by atoms with van der Waals surface area (Å²) in [5.41, 5.74) is 0.910. The molecule has 1 aromatic heterocycles. The molecule has 0 spiro atoms. The minimum Gasteiger partial charge on any atom is -0.454 e. The molecule has 0 radical (unpaired) electrons. The number of amides is 1. The third-order valence-corrected chi connectivity index (χ3v) is 5.65. The average molecular weight is 423 g/mol. The Hall–Kier alpha value is -3.33. The summed E-state index contributed by atoms with van der Waals surface area (Å²) < 4.78 is 16.1. The molecular weight excluding hydrogens is 398 g/mol. The predicted octanol–water partition coefficient (Wildman–Crippen LogP) is 1.40. The van der Waals surface area contributed by atoms with E-state index in [9.17, 15) is 4.79 Å². The molecule has 4 heterocycles. The number of rotatable bonds is 4. The van der Waals surface area contributed by atoms with Crippen LogP contribution in [0.2, 0.25) is 0 Å². The van der Waals surface area contributed by atoms with E-state index in [4.69, 9.17) is 19.2 Å². The average Bonchev–Trinajstić information content (AvgIpc) is 3.31. The van der Waals surface area contributed by atoms with Crippen LogP contribution < -0.4 is 19.3 Å². The summed E-state index contributed by atoms with van der Waals surface area (Å²) in [6.45, 7) is 6.05. The Morgan fingerprint density at radius 1 is 0.935 bits per heavy atom. The Kier molecular flexibility index (Phi) is 5.57. The van der Waals surface area contributed by atoms with Gasteiger partial charge in [-0.25, -0.2) is 4.98 Å². The summed E-state index contributed by atoms with van der Waals surface area (Å²) in [7, 11) is 0. The molecule has 0 bridgehead atoms. The van der Waals surface area contributed by atoms with E-state index in [1.165, 1.54) is 0 Å². The lowest BCUT2D eigenvalue weighted by molar-refractivity contribution is -0.126. The lowest BCUT2D eigenvalue weighted by Gasteiger charge is -2.35. The highest BCUT2D eigenvalue weighted by Crippen LogP contribution is 2.32. The van der Waals surface area contributed by atoms with Gasteiger partial charge in [0, 0.05) is 51.5 Å². The topological polar surface area (TPSA) is 80.3 Å². The molecule has 0 saturated carbocycles. The van der Waals surface area contributed by atoms with Crippen LogP contribution in [0, 0.1) is 0 Å². The summed E-state index contributed by atoms with van der Waals surface area (Å²) in [5.74, 6) is 3.10. The van der Waals surface area contributed by atoms with Gasteiger partial charge < -0.3 is 28.9 Å². The van der Waals surface area contributed by atoms with Crippen LogP contribution in [0.4, 0.5) is 11.8 Å². The number of hydrogen-bond acceptors (Lipinski definition) is 8. The number of carbonyl (C=O) groups is 1. The Morgan fingerprint density at radius 2 is 1.74 bits per heavy atom. The first-order chi connectivity index (χ1) is 15.3. The predicted molar refractivity (Wildman–Crippen MR) is 115 cm³/mol. The van der Waals surface area contributed by atoms with Crippen LogP contribution in [0.1, 0.15) is 5.56 Å². The van der Waals surface area contributed by atoms with Crippen molar-refractivity contribution in [1.82, 2.24) is 14.9 Å². The van der Waals surface area contributed by atoms with Gasteiger partial charge in [-0.15, -0.1) is 0 Å². The molecule has 5 rings (SSSR count). The summed E-state index contributed by atoms with van der Waals surface area (Å²) in [5, 5.41) is 0. The molecule has 1 amide bonds. The van der Waals surface area contributed by atoms with Crippen LogP contribution >= 0.6 is 0 Å². The van der Waals surface area contributed by atoms with Crippen LogP contribution in [0.15, 0.2) is 36.5 Å². The van der Waals surface area contributed by atoms with Gasteiger partial charge in [-0.3, -0.25) is 4.79 Å². The second-order valence-corrected chi connectivity index (χ2v) is 7.57. The minimum atomic E-state index is 0.00834. The number of fused-ring (bicyclic) bond motifs is 1. The van der Waals surface area contributed by atoms with Crippen LogP contribution in [-0.2, 0) is 9.53 Å². The number of carbonyl (C=O) groups excluding carboxylic acids is 1. The Bertz CT molecular complexity index is 968. The summed E-state index contributed by atoms with van der Waals surface area (Å²) >= 11 is 0. The fraction of sp³-hybridized carbons (Fsp3) is 0.409. The van der Waals surface area contributed by atoms with E-state index in [0.717, 1.165) is 49.3 Å². The van der Waals surface area contributed by atoms with Gasteiger partial charge in [0.25, 0.3) is 0 Å². The van der Waals surface area contributed by atoms with Crippen LogP contribution in [-0.4, -0.2) is 80.1 Å². The molecule has 0 aliphatic carbocycles. The number of nitrogens with zero attached hydrogens (tertiary/aromatic N) is 5. The standard InChI is InChI=1S/C22H25N5O4/c28-21(4-2-17-1-3-18-19(15-17)31-16-30-18)26-9-7-25(8-10-26)20-5-6-23-22(24-20)27-11-13-29-14-12-27/h1-6,15H,7-14,16H2/b4-2+. The fourth-order valence-electron chi connectivity index (χ4n) is 3.88. The lowest BCUT2D eigenvalue weighted by atomic mass is 10.2. The maximum Gasteiger partial charge on any atom is 0.246 e. The zero-order chi connectivity index (χ0) is 21.0. The van der Waals surface area contributed by atoms with Crippen molar-refractivity contribution in [3.8, 4) is 11.5 Å². The van der Waals surface area contributed by atoms with E-state index >= 15 is 0 Å². The fourth-order valence-corrected chi connectivity index (χ4v) is 3.88.